The molecule has 2 rings (SSSR count). The van der Waals surface area contributed by atoms with Crippen molar-refractivity contribution in [1.29, 1.82) is 0 Å². The molecule has 1 fully saturated rings. The van der Waals surface area contributed by atoms with Crippen LogP contribution in [0.15, 0.2) is 24.3 Å². The first-order valence-corrected chi connectivity index (χ1v) is 10.1. The molecule has 1 N–H and O–H groups in total. The van der Waals surface area contributed by atoms with Gasteiger partial charge in [0.1, 0.15) is 11.4 Å². The van der Waals surface area contributed by atoms with Gasteiger partial charge in [-0.1, -0.05) is 12.1 Å². The first-order valence-electron chi connectivity index (χ1n) is 10.1. The van der Waals surface area contributed by atoms with Crippen LogP contribution >= 0.6 is 0 Å². The fraction of sp³-hybridized carbons (Fsp3) is 0.636. The second-order valence-corrected chi connectivity index (χ2v) is 8.71. The van der Waals surface area contributed by atoms with Crippen LogP contribution in [0.3, 0.4) is 0 Å². The Hall–Kier alpha value is -2.24. The van der Waals surface area contributed by atoms with E-state index in [2.05, 4.69) is 5.32 Å². The second kappa shape index (κ2) is 9.30. The van der Waals surface area contributed by atoms with Crippen LogP contribution in [0.4, 0.5) is 4.79 Å². The number of hydrogen-bond acceptors (Lipinski definition) is 4. The number of nitrogens with one attached hydrogen (secondary N) is 1. The lowest BCUT2D eigenvalue weighted by Crippen LogP contribution is -2.45. The molecule has 0 spiro atoms. The van der Waals surface area contributed by atoms with Gasteiger partial charge < -0.3 is 19.7 Å². The van der Waals surface area contributed by atoms with Crippen molar-refractivity contribution in [2.24, 2.45) is 5.92 Å². The topological polar surface area (TPSA) is 67.9 Å². The van der Waals surface area contributed by atoms with Gasteiger partial charge in [-0.05, 0) is 72.1 Å². The highest BCUT2D eigenvalue weighted by Gasteiger charge is 2.30. The summed E-state index contributed by atoms with van der Waals surface area (Å²) in [4.78, 5) is 26.5. The Morgan fingerprint density at radius 1 is 1.14 bits per heavy atom. The van der Waals surface area contributed by atoms with Crippen molar-refractivity contribution in [2.45, 2.75) is 72.1 Å². The summed E-state index contributed by atoms with van der Waals surface area (Å²) in [5.41, 5.74) is 0.506. The number of likely N-dealkylation sites (tertiary alicyclic amines) is 1. The van der Waals surface area contributed by atoms with E-state index in [4.69, 9.17) is 9.47 Å². The predicted molar refractivity (Wildman–Crippen MR) is 109 cm³/mol. The summed E-state index contributed by atoms with van der Waals surface area (Å²) in [7, 11) is 0. The molecule has 0 bridgehead atoms. The highest BCUT2D eigenvalue weighted by Crippen LogP contribution is 2.23. The van der Waals surface area contributed by atoms with Crippen LogP contribution in [0.25, 0.3) is 0 Å². The van der Waals surface area contributed by atoms with Gasteiger partial charge in [0.25, 0.3) is 0 Å². The van der Waals surface area contributed by atoms with Gasteiger partial charge in [-0.3, -0.25) is 4.79 Å². The average molecular weight is 391 g/mol. The molecule has 6 nitrogen and oxygen atoms in total. The highest BCUT2D eigenvalue weighted by atomic mass is 16.6. The number of ether oxygens (including phenoxy) is 2. The van der Waals surface area contributed by atoms with Crippen LogP contribution in [0.5, 0.6) is 5.75 Å². The van der Waals surface area contributed by atoms with Crippen LogP contribution in [-0.4, -0.2) is 41.7 Å². The first kappa shape index (κ1) is 22.1. The summed E-state index contributed by atoms with van der Waals surface area (Å²) >= 11 is 0. The number of nitrogens with zero attached hydrogens (tertiary/aromatic N) is 1. The molecule has 1 aromatic rings. The highest BCUT2D eigenvalue weighted by molar-refractivity contribution is 5.79. The molecule has 1 saturated heterocycles. The molecule has 28 heavy (non-hydrogen) atoms. The zero-order valence-corrected chi connectivity index (χ0v) is 18.0. The van der Waals surface area contributed by atoms with E-state index in [1.807, 2.05) is 65.8 Å². The molecule has 0 aliphatic carbocycles. The quantitative estimate of drug-likeness (QED) is 0.814. The van der Waals surface area contributed by atoms with E-state index in [1.54, 1.807) is 4.90 Å². The molecule has 1 aliphatic heterocycles. The Morgan fingerprint density at radius 3 is 2.36 bits per heavy atom. The predicted octanol–water partition coefficient (Wildman–Crippen LogP) is 4.30. The zero-order chi connectivity index (χ0) is 20.9. The molecular formula is C22H34N2O4. The van der Waals surface area contributed by atoms with E-state index in [9.17, 15) is 9.59 Å². The Labute approximate surface area is 168 Å². The molecule has 0 radical (unpaired) electrons. The van der Waals surface area contributed by atoms with Gasteiger partial charge >= 0.3 is 6.09 Å². The molecule has 0 saturated carbocycles. The number of rotatable bonds is 5. The van der Waals surface area contributed by atoms with Gasteiger partial charge in [-0.25, -0.2) is 4.79 Å². The number of benzene rings is 1. The van der Waals surface area contributed by atoms with E-state index in [-0.39, 0.29) is 30.1 Å². The minimum Gasteiger partial charge on any atom is -0.491 e. The van der Waals surface area contributed by atoms with Crippen LogP contribution in [0.1, 0.15) is 66.0 Å². The molecular weight excluding hydrogens is 356 g/mol. The number of hydrogen-bond donors (Lipinski definition) is 1. The minimum atomic E-state index is -0.505. The minimum absolute atomic E-state index is 0.0338. The van der Waals surface area contributed by atoms with Crippen molar-refractivity contribution in [3.63, 3.8) is 0 Å². The fourth-order valence-electron chi connectivity index (χ4n) is 3.19. The first-order chi connectivity index (χ1) is 13.0. The molecule has 1 unspecified atom stereocenters. The maximum atomic E-state index is 12.7. The van der Waals surface area contributed by atoms with Crippen molar-refractivity contribution in [1.82, 2.24) is 10.2 Å². The van der Waals surface area contributed by atoms with E-state index >= 15 is 0 Å². The summed E-state index contributed by atoms with van der Waals surface area (Å²) in [5.74, 6) is 0.752. The van der Waals surface area contributed by atoms with Crippen LogP contribution < -0.4 is 10.1 Å². The molecule has 6 heteroatoms. The fourth-order valence-corrected chi connectivity index (χ4v) is 3.19. The second-order valence-electron chi connectivity index (χ2n) is 8.71. The van der Waals surface area contributed by atoms with Gasteiger partial charge in [-0.2, -0.15) is 0 Å². The maximum Gasteiger partial charge on any atom is 0.410 e. The Morgan fingerprint density at radius 2 is 1.79 bits per heavy atom. The van der Waals surface area contributed by atoms with Crippen LogP contribution in [0, 0.1) is 5.92 Å². The zero-order valence-electron chi connectivity index (χ0n) is 18.0. The van der Waals surface area contributed by atoms with Gasteiger partial charge in [-0.15, -0.1) is 0 Å². The average Bonchev–Trinajstić information content (AvgIpc) is 2.60. The van der Waals surface area contributed by atoms with E-state index in [1.165, 1.54) is 0 Å². The third kappa shape index (κ3) is 6.73. The molecule has 0 aromatic heterocycles. The number of amides is 2. The summed E-state index contributed by atoms with van der Waals surface area (Å²) in [6.07, 6.45) is 1.10. The lowest BCUT2D eigenvalue weighted by molar-refractivity contribution is -0.127. The van der Waals surface area contributed by atoms with Crippen molar-refractivity contribution in [3.8, 4) is 5.75 Å². The third-order valence-electron chi connectivity index (χ3n) is 4.61. The third-order valence-corrected chi connectivity index (χ3v) is 4.61. The number of carbonyl (C=O) groups is 2. The largest absolute Gasteiger partial charge is 0.491 e. The Balaban J connectivity index is 1.86. The Kier molecular flexibility index (Phi) is 7.33. The van der Waals surface area contributed by atoms with Gasteiger partial charge in [0.2, 0.25) is 5.91 Å². The molecule has 156 valence electrons. The molecule has 1 heterocycles. The monoisotopic (exact) mass is 390 g/mol. The van der Waals surface area contributed by atoms with Crippen molar-refractivity contribution >= 4 is 12.0 Å². The van der Waals surface area contributed by atoms with Crippen LogP contribution in [0.2, 0.25) is 0 Å². The molecule has 1 aliphatic rings. The van der Waals surface area contributed by atoms with Gasteiger partial charge in [0.15, 0.2) is 0 Å². The number of piperidine rings is 1. The smallest absolute Gasteiger partial charge is 0.410 e. The molecule has 1 atom stereocenters. The van der Waals surface area contributed by atoms with E-state index in [0.717, 1.165) is 11.3 Å². The van der Waals surface area contributed by atoms with E-state index in [0.29, 0.717) is 25.9 Å². The van der Waals surface area contributed by atoms with Gasteiger partial charge in [0, 0.05) is 19.0 Å². The standard InChI is InChI=1S/C22H34N2O4/c1-15(2)27-19-9-7-8-18(14-19)16(3)23-20(25)17-10-12-24(13-11-17)21(26)28-22(4,5)6/h7-9,14-17H,10-13H2,1-6H3,(H,23,25). The summed E-state index contributed by atoms with van der Waals surface area (Å²) in [6, 6.07) is 7.71. The van der Waals surface area contributed by atoms with E-state index < -0.39 is 5.60 Å². The lowest BCUT2D eigenvalue weighted by atomic mass is 9.95. The van der Waals surface area contributed by atoms with Gasteiger partial charge in [0.05, 0.1) is 12.1 Å². The normalized spacial score (nSPS) is 16.6. The summed E-state index contributed by atoms with van der Waals surface area (Å²) < 4.78 is 11.1. The Bertz CT molecular complexity index is 673. The summed E-state index contributed by atoms with van der Waals surface area (Å²) in [6.45, 7) is 12.6. The maximum absolute atomic E-state index is 12.7. The molecule has 1 aromatic carbocycles. The van der Waals surface area contributed by atoms with Crippen molar-refractivity contribution < 1.29 is 19.1 Å². The number of carbonyl (C=O) groups excluding carboxylic acids is 2. The van der Waals surface area contributed by atoms with Crippen molar-refractivity contribution in [2.75, 3.05) is 13.1 Å². The SMILES string of the molecule is CC(C)Oc1cccc(C(C)NC(=O)C2CCN(C(=O)OC(C)(C)C)CC2)c1. The molecule has 2 amide bonds. The summed E-state index contributed by atoms with van der Waals surface area (Å²) in [5, 5.41) is 3.10. The van der Waals surface area contributed by atoms with Crippen molar-refractivity contribution in [3.05, 3.63) is 29.8 Å². The lowest BCUT2D eigenvalue weighted by Gasteiger charge is -2.33. The van der Waals surface area contributed by atoms with Crippen LogP contribution in [-0.2, 0) is 9.53 Å².